The van der Waals surface area contributed by atoms with Crippen LogP contribution < -0.4 is 15.5 Å². The lowest BCUT2D eigenvalue weighted by Gasteiger charge is -2.23. The minimum Gasteiger partial charge on any atom is -0.504 e. The van der Waals surface area contributed by atoms with E-state index in [0.29, 0.717) is 16.9 Å². The number of phenolic OH excluding ortho intramolecular Hbond substituents is 1. The molecule has 1 fully saturated rings. The van der Waals surface area contributed by atoms with Crippen molar-refractivity contribution < 1.29 is 9.84 Å². The van der Waals surface area contributed by atoms with Crippen molar-refractivity contribution in [3.63, 3.8) is 0 Å². The van der Waals surface area contributed by atoms with Crippen LogP contribution in [0.25, 0.3) is 0 Å². The Balaban J connectivity index is 1.81. The van der Waals surface area contributed by atoms with Crippen LogP contribution >= 0.6 is 12.2 Å². The molecular weight excluding hydrogens is 286 g/mol. The van der Waals surface area contributed by atoms with Gasteiger partial charge in [-0.2, -0.15) is 5.10 Å². The van der Waals surface area contributed by atoms with Gasteiger partial charge in [-0.3, -0.25) is 5.43 Å². The van der Waals surface area contributed by atoms with Crippen LogP contribution in [0.4, 0.5) is 0 Å². The molecule has 5 nitrogen and oxygen atoms in total. The molecule has 0 bridgehead atoms. The molecule has 1 aliphatic rings. The number of rotatable bonds is 4. The fourth-order valence-corrected chi connectivity index (χ4v) is 2.64. The molecule has 1 aromatic carbocycles. The molecule has 0 spiro atoms. The van der Waals surface area contributed by atoms with Crippen LogP contribution in [0.2, 0.25) is 0 Å². The Hall–Kier alpha value is -1.82. The monoisotopic (exact) mass is 307 g/mol. The third-order valence-electron chi connectivity index (χ3n) is 3.52. The summed E-state index contributed by atoms with van der Waals surface area (Å²) in [6.45, 7) is 0. The predicted octanol–water partition coefficient (Wildman–Crippen LogP) is 2.53. The van der Waals surface area contributed by atoms with Crippen molar-refractivity contribution in [3.8, 4) is 11.5 Å². The molecular formula is C15H21N3O2S. The summed E-state index contributed by atoms with van der Waals surface area (Å²) in [7, 11) is 1.51. The quantitative estimate of drug-likeness (QED) is 0.453. The molecule has 0 saturated heterocycles. The van der Waals surface area contributed by atoms with E-state index in [2.05, 4.69) is 15.8 Å². The van der Waals surface area contributed by atoms with E-state index in [1.807, 2.05) is 0 Å². The number of nitrogens with zero attached hydrogens (tertiary/aromatic N) is 1. The van der Waals surface area contributed by atoms with Gasteiger partial charge in [-0.15, -0.1) is 0 Å². The molecule has 3 N–H and O–H groups in total. The van der Waals surface area contributed by atoms with Crippen LogP contribution in [0.5, 0.6) is 11.5 Å². The molecule has 1 aromatic rings. The Morgan fingerprint density at radius 1 is 1.38 bits per heavy atom. The highest BCUT2D eigenvalue weighted by Gasteiger charge is 2.13. The second-order valence-corrected chi connectivity index (χ2v) is 5.52. The maximum Gasteiger partial charge on any atom is 0.187 e. The van der Waals surface area contributed by atoms with Gasteiger partial charge in [-0.25, -0.2) is 0 Å². The average molecular weight is 307 g/mol. The number of nitrogens with one attached hydrogen (secondary N) is 2. The first-order chi connectivity index (χ1) is 10.2. The fraction of sp³-hybridized carbons (Fsp3) is 0.467. The number of phenols is 1. The van der Waals surface area contributed by atoms with E-state index in [-0.39, 0.29) is 5.75 Å². The van der Waals surface area contributed by atoms with E-state index >= 15 is 0 Å². The number of hydrogen-bond acceptors (Lipinski definition) is 4. The number of ether oxygens (including phenoxy) is 1. The molecule has 1 aliphatic carbocycles. The summed E-state index contributed by atoms with van der Waals surface area (Å²) in [4.78, 5) is 0. The minimum absolute atomic E-state index is 0.0874. The fourth-order valence-electron chi connectivity index (χ4n) is 2.42. The van der Waals surface area contributed by atoms with Crippen molar-refractivity contribution in [1.82, 2.24) is 10.7 Å². The highest BCUT2D eigenvalue weighted by Crippen LogP contribution is 2.25. The molecule has 0 radical (unpaired) electrons. The lowest BCUT2D eigenvalue weighted by atomic mass is 9.96. The Kier molecular flexibility index (Phi) is 5.80. The van der Waals surface area contributed by atoms with Gasteiger partial charge in [0.05, 0.1) is 13.3 Å². The minimum atomic E-state index is 0.0874. The summed E-state index contributed by atoms with van der Waals surface area (Å²) in [5, 5.41) is 17.6. The summed E-state index contributed by atoms with van der Waals surface area (Å²) in [5.74, 6) is 0.527. The second-order valence-electron chi connectivity index (χ2n) is 5.11. The second kappa shape index (κ2) is 7.83. The first-order valence-electron chi connectivity index (χ1n) is 7.15. The van der Waals surface area contributed by atoms with E-state index in [1.54, 1.807) is 24.4 Å². The number of hydrogen-bond donors (Lipinski definition) is 3. The van der Waals surface area contributed by atoms with E-state index in [4.69, 9.17) is 17.0 Å². The third kappa shape index (κ3) is 4.90. The Bertz CT molecular complexity index is 514. The molecule has 6 heteroatoms. The summed E-state index contributed by atoms with van der Waals surface area (Å²) in [5.41, 5.74) is 3.57. The van der Waals surface area contributed by atoms with Crippen molar-refractivity contribution >= 4 is 23.5 Å². The molecule has 0 aliphatic heterocycles. The highest BCUT2D eigenvalue weighted by molar-refractivity contribution is 7.80. The van der Waals surface area contributed by atoms with Crippen LogP contribution in [0, 0.1) is 0 Å². The summed E-state index contributed by atoms with van der Waals surface area (Å²) in [6, 6.07) is 5.54. The number of benzene rings is 1. The normalized spacial score (nSPS) is 15.9. The van der Waals surface area contributed by atoms with E-state index in [9.17, 15) is 5.11 Å². The largest absolute Gasteiger partial charge is 0.504 e. The lowest BCUT2D eigenvalue weighted by Crippen LogP contribution is -2.40. The van der Waals surface area contributed by atoms with Crippen LogP contribution in [0.3, 0.4) is 0 Å². The topological polar surface area (TPSA) is 65.9 Å². The van der Waals surface area contributed by atoms with Gasteiger partial charge in [0.15, 0.2) is 16.6 Å². The molecule has 2 rings (SSSR count). The van der Waals surface area contributed by atoms with E-state index in [0.717, 1.165) is 18.4 Å². The van der Waals surface area contributed by atoms with Crippen molar-refractivity contribution in [1.29, 1.82) is 0 Å². The first-order valence-corrected chi connectivity index (χ1v) is 7.56. The van der Waals surface area contributed by atoms with Gasteiger partial charge in [-0.1, -0.05) is 19.3 Å². The van der Waals surface area contributed by atoms with Crippen LogP contribution in [0.15, 0.2) is 23.3 Å². The van der Waals surface area contributed by atoms with Crippen molar-refractivity contribution in [2.75, 3.05) is 7.11 Å². The van der Waals surface area contributed by atoms with Gasteiger partial charge in [0.25, 0.3) is 0 Å². The van der Waals surface area contributed by atoms with Gasteiger partial charge in [0, 0.05) is 6.04 Å². The Morgan fingerprint density at radius 2 is 2.14 bits per heavy atom. The smallest absolute Gasteiger partial charge is 0.187 e. The molecule has 0 heterocycles. The zero-order valence-corrected chi connectivity index (χ0v) is 12.9. The molecule has 114 valence electrons. The van der Waals surface area contributed by atoms with Crippen molar-refractivity contribution in [2.45, 2.75) is 38.1 Å². The number of methoxy groups -OCH3 is 1. The van der Waals surface area contributed by atoms with Gasteiger partial charge < -0.3 is 15.2 Å². The number of thiocarbonyl (C=S) groups is 1. The van der Waals surface area contributed by atoms with Crippen LogP contribution in [0.1, 0.15) is 37.7 Å². The third-order valence-corrected chi connectivity index (χ3v) is 3.73. The average Bonchev–Trinajstić information content (AvgIpc) is 2.48. The predicted molar refractivity (Wildman–Crippen MR) is 88.0 cm³/mol. The van der Waals surface area contributed by atoms with Crippen LogP contribution in [-0.2, 0) is 0 Å². The van der Waals surface area contributed by atoms with Gasteiger partial charge in [0.1, 0.15) is 0 Å². The van der Waals surface area contributed by atoms with Gasteiger partial charge in [-0.05, 0) is 48.8 Å². The molecule has 1 saturated carbocycles. The molecule has 0 atom stereocenters. The van der Waals surface area contributed by atoms with E-state index in [1.165, 1.54) is 26.4 Å². The van der Waals surface area contributed by atoms with E-state index < -0.39 is 0 Å². The zero-order chi connectivity index (χ0) is 15.1. The molecule has 0 amide bonds. The Labute approximate surface area is 130 Å². The summed E-state index contributed by atoms with van der Waals surface area (Å²) in [6.07, 6.45) is 7.77. The first kappa shape index (κ1) is 15.6. The number of aromatic hydroxyl groups is 1. The lowest BCUT2D eigenvalue weighted by molar-refractivity contribution is 0.373. The Morgan fingerprint density at radius 3 is 2.81 bits per heavy atom. The number of hydrazone groups is 1. The van der Waals surface area contributed by atoms with Gasteiger partial charge >= 0.3 is 0 Å². The summed E-state index contributed by atoms with van der Waals surface area (Å²) >= 11 is 5.21. The molecule has 0 unspecified atom stereocenters. The van der Waals surface area contributed by atoms with Crippen molar-refractivity contribution in [2.24, 2.45) is 5.10 Å². The molecule has 21 heavy (non-hydrogen) atoms. The van der Waals surface area contributed by atoms with Crippen LogP contribution in [-0.4, -0.2) is 29.6 Å². The van der Waals surface area contributed by atoms with Crippen molar-refractivity contribution in [3.05, 3.63) is 23.8 Å². The molecule has 0 aromatic heterocycles. The maximum absolute atomic E-state index is 9.67. The SMILES string of the molecule is COc1ccc(/C=N/NC(=S)NC2CCCCC2)cc1O. The standard InChI is InChI=1S/C15H21N3O2S/c1-20-14-8-7-11(9-13(14)19)10-16-18-15(21)17-12-5-3-2-4-6-12/h7-10,12,19H,2-6H2,1H3,(H2,17,18,21)/b16-10+. The summed E-state index contributed by atoms with van der Waals surface area (Å²) < 4.78 is 4.99. The highest BCUT2D eigenvalue weighted by atomic mass is 32.1. The zero-order valence-electron chi connectivity index (χ0n) is 12.1. The van der Waals surface area contributed by atoms with Gasteiger partial charge in [0.2, 0.25) is 0 Å². The maximum atomic E-state index is 9.67.